The van der Waals surface area contributed by atoms with Gasteiger partial charge in [0.1, 0.15) is 0 Å². The third-order valence-corrected chi connectivity index (χ3v) is 4.01. The molecule has 0 aromatic heterocycles. The Balaban J connectivity index is 4.41. The molecule has 0 saturated carbocycles. The van der Waals surface area contributed by atoms with Crippen LogP contribution in [0.4, 0.5) is 0 Å². The van der Waals surface area contributed by atoms with Gasteiger partial charge in [-0.1, -0.05) is 50.5 Å². The van der Waals surface area contributed by atoms with Crippen molar-refractivity contribution in [2.45, 2.75) is 52.9 Å². The molecule has 0 aliphatic heterocycles. The summed E-state index contributed by atoms with van der Waals surface area (Å²) in [5.41, 5.74) is 8.20. The minimum Gasteiger partial charge on any atom is -0.352 e. The van der Waals surface area contributed by atoms with Crippen LogP contribution in [-0.4, -0.2) is 32.6 Å². The third-order valence-electron chi connectivity index (χ3n) is 4.01. The van der Waals surface area contributed by atoms with Gasteiger partial charge in [0.25, 0.3) is 0 Å². The van der Waals surface area contributed by atoms with Crippen LogP contribution in [0.1, 0.15) is 52.9 Å². The number of carbonyl (C=O) groups is 1. The molecule has 0 fully saturated rings. The number of nitrogens with two attached hydrogens (primary N) is 1. The average molecular weight is 309 g/mol. The molecular weight excluding hydrogens is 274 g/mol. The molecule has 0 heterocycles. The summed E-state index contributed by atoms with van der Waals surface area (Å²) in [6.45, 7) is 8.60. The van der Waals surface area contributed by atoms with Crippen molar-refractivity contribution in [3.63, 3.8) is 0 Å². The monoisotopic (exact) mass is 309 g/mol. The molecule has 0 saturated heterocycles. The number of nitrogens with one attached hydrogen (secondary N) is 2. The molecule has 22 heavy (non-hydrogen) atoms. The van der Waals surface area contributed by atoms with Crippen molar-refractivity contribution in [2.75, 3.05) is 26.7 Å². The van der Waals surface area contributed by atoms with E-state index in [0.29, 0.717) is 25.4 Å². The molecule has 1 amide bonds. The van der Waals surface area contributed by atoms with E-state index in [9.17, 15) is 4.79 Å². The maximum atomic E-state index is 12.0. The summed E-state index contributed by atoms with van der Waals surface area (Å²) in [5.74, 6) is 0.538. The lowest BCUT2D eigenvalue weighted by Gasteiger charge is -2.14. The second-order valence-electron chi connectivity index (χ2n) is 5.72. The van der Waals surface area contributed by atoms with E-state index in [0.717, 1.165) is 32.2 Å². The van der Waals surface area contributed by atoms with Crippen molar-refractivity contribution in [3.05, 3.63) is 23.3 Å². The highest BCUT2D eigenvalue weighted by molar-refractivity contribution is 5.76. The maximum absolute atomic E-state index is 12.0. The Kier molecular flexibility index (Phi) is 12.8. The minimum absolute atomic E-state index is 0.134. The van der Waals surface area contributed by atoms with Gasteiger partial charge in [0.05, 0.1) is 0 Å². The molecule has 0 radical (unpaired) electrons. The van der Waals surface area contributed by atoms with Gasteiger partial charge in [0, 0.05) is 19.5 Å². The van der Waals surface area contributed by atoms with Crippen molar-refractivity contribution >= 4 is 5.91 Å². The third kappa shape index (κ3) is 9.74. The lowest BCUT2D eigenvalue weighted by molar-refractivity contribution is -0.121. The van der Waals surface area contributed by atoms with E-state index < -0.39 is 0 Å². The van der Waals surface area contributed by atoms with E-state index in [1.54, 1.807) is 0 Å². The molecule has 0 aromatic carbocycles. The first-order chi connectivity index (χ1) is 10.6. The molecule has 0 aromatic rings. The Labute approximate surface area is 136 Å². The molecule has 0 bridgehead atoms. The number of hydrogen-bond donors (Lipinski definition) is 3. The van der Waals surface area contributed by atoms with Crippen LogP contribution in [-0.2, 0) is 4.79 Å². The highest BCUT2D eigenvalue weighted by Crippen LogP contribution is 2.12. The molecule has 4 nitrogen and oxygen atoms in total. The van der Waals surface area contributed by atoms with Gasteiger partial charge in [-0.15, -0.1) is 0 Å². The number of rotatable bonds is 12. The SMILES string of the molecule is CC/C(=C\C=C(/CC)CNC(=O)CC(CC)CCN)CNC. The average Bonchev–Trinajstić information content (AvgIpc) is 2.53. The summed E-state index contributed by atoms with van der Waals surface area (Å²) in [4.78, 5) is 12.0. The second-order valence-corrected chi connectivity index (χ2v) is 5.72. The highest BCUT2D eigenvalue weighted by Gasteiger charge is 2.11. The Bertz CT molecular complexity index is 361. The zero-order valence-corrected chi connectivity index (χ0v) is 14.9. The molecule has 0 aliphatic rings. The normalized spacial score (nSPS) is 14.0. The van der Waals surface area contributed by atoms with Gasteiger partial charge in [-0.3, -0.25) is 4.79 Å². The zero-order valence-electron chi connectivity index (χ0n) is 14.9. The lowest BCUT2D eigenvalue weighted by Crippen LogP contribution is -2.28. The van der Waals surface area contributed by atoms with Crippen molar-refractivity contribution < 1.29 is 4.79 Å². The van der Waals surface area contributed by atoms with E-state index in [2.05, 4.69) is 43.6 Å². The van der Waals surface area contributed by atoms with Gasteiger partial charge < -0.3 is 16.4 Å². The van der Waals surface area contributed by atoms with E-state index >= 15 is 0 Å². The number of amides is 1. The first-order valence-corrected chi connectivity index (χ1v) is 8.59. The van der Waals surface area contributed by atoms with Crippen LogP contribution in [0, 0.1) is 5.92 Å². The lowest BCUT2D eigenvalue weighted by atomic mass is 9.98. The number of carbonyl (C=O) groups excluding carboxylic acids is 1. The smallest absolute Gasteiger partial charge is 0.220 e. The number of hydrogen-bond acceptors (Lipinski definition) is 3. The zero-order chi connectivity index (χ0) is 16.8. The Hall–Kier alpha value is -1.13. The first kappa shape index (κ1) is 20.9. The van der Waals surface area contributed by atoms with Crippen LogP contribution in [0.15, 0.2) is 23.3 Å². The molecule has 0 rings (SSSR count). The van der Waals surface area contributed by atoms with Crippen LogP contribution in [0.5, 0.6) is 0 Å². The molecule has 1 atom stereocenters. The fourth-order valence-corrected chi connectivity index (χ4v) is 2.30. The van der Waals surface area contributed by atoms with Crippen molar-refractivity contribution in [1.82, 2.24) is 10.6 Å². The van der Waals surface area contributed by atoms with Gasteiger partial charge in [0.2, 0.25) is 5.91 Å². The summed E-state index contributed by atoms with van der Waals surface area (Å²) < 4.78 is 0. The van der Waals surface area contributed by atoms with Gasteiger partial charge >= 0.3 is 0 Å². The summed E-state index contributed by atoms with van der Waals surface area (Å²) >= 11 is 0. The van der Waals surface area contributed by atoms with E-state index in [1.807, 2.05) is 7.05 Å². The van der Waals surface area contributed by atoms with Crippen LogP contribution in [0.25, 0.3) is 0 Å². The molecule has 4 heteroatoms. The number of allylic oxidation sites excluding steroid dienone is 2. The van der Waals surface area contributed by atoms with Gasteiger partial charge in [0.15, 0.2) is 0 Å². The molecule has 1 unspecified atom stereocenters. The molecular formula is C18H35N3O. The number of likely N-dealkylation sites (N-methyl/N-ethyl adjacent to an activating group) is 1. The van der Waals surface area contributed by atoms with Crippen LogP contribution in [0.3, 0.4) is 0 Å². The Morgan fingerprint density at radius 1 is 1.09 bits per heavy atom. The largest absolute Gasteiger partial charge is 0.352 e. The van der Waals surface area contributed by atoms with Gasteiger partial charge in [-0.25, -0.2) is 0 Å². The quantitative estimate of drug-likeness (QED) is 0.486. The summed E-state index contributed by atoms with van der Waals surface area (Å²) in [6.07, 6.45) is 8.82. The van der Waals surface area contributed by atoms with Crippen molar-refractivity contribution in [3.8, 4) is 0 Å². The molecule has 0 spiro atoms. The molecule has 0 aliphatic carbocycles. The van der Waals surface area contributed by atoms with Crippen LogP contribution < -0.4 is 16.4 Å². The fraction of sp³-hybridized carbons (Fsp3) is 0.722. The maximum Gasteiger partial charge on any atom is 0.220 e. The molecule has 4 N–H and O–H groups in total. The highest BCUT2D eigenvalue weighted by atomic mass is 16.1. The van der Waals surface area contributed by atoms with Crippen molar-refractivity contribution in [1.29, 1.82) is 0 Å². The Morgan fingerprint density at radius 3 is 2.14 bits per heavy atom. The van der Waals surface area contributed by atoms with Gasteiger partial charge in [-0.05, 0) is 38.8 Å². The van der Waals surface area contributed by atoms with Crippen LogP contribution >= 0.6 is 0 Å². The molecule has 128 valence electrons. The van der Waals surface area contributed by atoms with Gasteiger partial charge in [-0.2, -0.15) is 0 Å². The summed E-state index contributed by atoms with van der Waals surface area (Å²) in [6, 6.07) is 0. The predicted molar refractivity (Wildman–Crippen MR) is 95.8 cm³/mol. The standard InChI is InChI=1S/C18H35N3O/c1-5-15(10-11-19)12-18(22)21-14-17(7-3)9-8-16(6-2)13-20-4/h8-9,15,20H,5-7,10-14,19H2,1-4H3,(H,21,22)/b16-8+,17-9+. The van der Waals surface area contributed by atoms with Crippen molar-refractivity contribution in [2.24, 2.45) is 11.7 Å². The summed E-state index contributed by atoms with van der Waals surface area (Å²) in [5, 5.41) is 6.21. The van der Waals surface area contributed by atoms with E-state index in [-0.39, 0.29) is 5.91 Å². The topological polar surface area (TPSA) is 67.2 Å². The van der Waals surface area contributed by atoms with E-state index in [4.69, 9.17) is 5.73 Å². The van der Waals surface area contributed by atoms with E-state index in [1.165, 1.54) is 11.1 Å². The fourth-order valence-electron chi connectivity index (χ4n) is 2.30. The first-order valence-electron chi connectivity index (χ1n) is 8.59. The second kappa shape index (κ2) is 13.5. The minimum atomic E-state index is 0.134. The van der Waals surface area contributed by atoms with Crippen LogP contribution in [0.2, 0.25) is 0 Å². The predicted octanol–water partition coefficient (Wildman–Crippen LogP) is 2.76. The Morgan fingerprint density at radius 2 is 1.68 bits per heavy atom. The summed E-state index contributed by atoms with van der Waals surface area (Å²) in [7, 11) is 1.96.